The van der Waals surface area contributed by atoms with Gasteiger partial charge in [-0.1, -0.05) is 79.3 Å². The summed E-state index contributed by atoms with van der Waals surface area (Å²) in [5.41, 5.74) is 5.52. The molecule has 4 aromatic rings. The van der Waals surface area contributed by atoms with Crippen molar-refractivity contribution in [3.63, 3.8) is 0 Å². The smallest absolute Gasteiger partial charge is 0.127 e. The maximum absolute atomic E-state index is 5.92. The zero-order valence-corrected chi connectivity index (χ0v) is 17.2. The van der Waals surface area contributed by atoms with Gasteiger partial charge in [0.05, 0.1) is 0 Å². The van der Waals surface area contributed by atoms with Crippen LogP contribution in [-0.4, -0.2) is 0 Å². The molecule has 1 nitrogen and oxygen atoms in total. The predicted molar refractivity (Wildman–Crippen MR) is 120 cm³/mol. The van der Waals surface area contributed by atoms with Crippen LogP contribution in [0.25, 0.3) is 0 Å². The lowest BCUT2D eigenvalue weighted by Gasteiger charge is -2.21. The molecule has 1 unspecified atom stereocenters. The molecule has 29 heavy (non-hydrogen) atoms. The van der Waals surface area contributed by atoms with Gasteiger partial charge in [0.15, 0.2) is 0 Å². The highest BCUT2D eigenvalue weighted by atomic mass is 32.2. The van der Waals surface area contributed by atoms with Crippen molar-refractivity contribution in [2.75, 3.05) is 0 Å². The molecule has 1 aliphatic rings. The van der Waals surface area contributed by atoms with E-state index in [0.717, 1.165) is 17.9 Å². The Kier molecular flexibility index (Phi) is 4.87. The van der Waals surface area contributed by atoms with Gasteiger partial charge in [-0.15, -0.1) is 0 Å². The fourth-order valence-corrected chi connectivity index (χ4v) is 4.87. The number of ether oxygens (including phenoxy) is 1. The van der Waals surface area contributed by atoms with Crippen LogP contribution in [0.5, 0.6) is 11.5 Å². The molecule has 0 aromatic heterocycles. The molecular weight excluding hydrogens is 372 g/mol. The molecular formula is C27H22OS. The fraction of sp³-hybridized carbons (Fsp3) is 0.111. The van der Waals surface area contributed by atoms with Crippen molar-refractivity contribution in [2.24, 2.45) is 0 Å². The van der Waals surface area contributed by atoms with Gasteiger partial charge in [-0.3, -0.25) is 0 Å². The van der Waals surface area contributed by atoms with Crippen molar-refractivity contribution < 1.29 is 4.74 Å². The molecule has 1 heterocycles. The minimum Gasteiger partial charge on any atom is -0.457 e. The van der Waals surface area contributed by atoms with E-state index in [1.807, 2.05) is 42.1 Å². The third-order valence-corrected chi connectivity index (χ3v) is 6.75. The van der Waals surface area contributed by atoms with Crippen LogP contribution in [0.3, 0.4) is 0 Å². The second-order valence-corrected chi connectivity index (χ2v) is 8.54. The van der Waals surface area contributed by atoms with Crippen LogP contribution < -0.4 is 4.74 Å². The van der Waals surface area contributed by atoms with Gasteiger partial charge in [-0.05, 0) is 65.1 Å². The molecule has 1 aliphatic heterocycles. The number of fused-ring (bicyclic) bond motifs is 2. The monoisotopic (exact) mass is 394 g/mol. The third kappa shape index (κ3) is 3.81. The molecule has 0 fully saturated rings. The van der Waals surface area contributed by atoms with E-state index in [0.29, 0.717) is 5.92 Å². The Hall–Kier alpha value is -2.97. The number of benzene rings is 4. The lowest BCUT2D eigenvalue weighted by atomic mass is 9.91. The first-order valence-corrected chi connectivity index (χ1v) is 10.8. The summed E-state index contributed by atoms with van der Waals surface area (Å²) in [4.78, 5) is 2.76. The Morgan fingerprint density at radius 1 is 0.655 bits per heavy atom. The lowest BCUT2D eigenvalue weighted by molar-refractivity contribution is 0.482. The number of para-hydroxylation sites is 1. The van der Waals surface area contributed by atoms with Crippen LogP contribution in [0.2, 0.25) is 0 Å². The molecule has 0 spiro atoms. The summed E-state index contributed by atoms with van der Waals surface area (Å²) in [5.74, 6) is 2.07. The first kappa shape index (κ1) is 18.1. The van der Waals surface area contributed by atoms with Crippen molar-refractivity contribution >= 4 is 11.8 Å². The van der Waals surface area contributed by atoms with Gasteiger partial charge in [0.2, 0.25) is 0 Å². The van der Waals surface area contributed by atoms with Gasteiger partial charge in [0, 0.05) is 15.7 Å². The van der Waals surface area contributed by atoms with Crippen LogP contribution in [0.15, 0.2) is 107 Å². The van der Waals surface area contributed by atoms with Gasteiger partial charge in [-0.2, -0.15) is 0 Å². The van der Waals surface area contributed by atoms with Crippen molar-refractivity contribution in [3.05, 3.63) is 119 Å². The minimum absolute atomic E-state index is 0.341. The van der Waals surface area contributed by atoms with E-state index in [4.69, 9.17) is 4.74 Å². The molecule has 0 saturated heterocycles. The Morgan fingerprint density at radius 2 is 1.31 bits per heavy atom. The SMILES string of the molecule is CC(c1ccc(Oc2ccccc2)cc1)c1ccc2c(c1)Cc1ccccc1S2. The van der Waals surface area contributed by atoms with Crippen LogP contribution in [-0.2, 0) is 6.42 Å². The first-order chi connectivity index (χ1) is 14.3. The average molecular weight is 395 g/mol. The summed E-state index contributed by atoms with van der Waals surface area (Å²) >= 11 is 1.89. The van der Waals surface area contributed by atoms with Crippen LogP contribution in [0.4, 0.5) is 0 Å². The number of hydrogen-bond donors (Lipinski definition) is 0. The van der Waals surface area contributed by atoms with E-state index in [1.165, 1.54) is 32.0 Å². The highest BCUT2D eigenvalue weighted by Crippen LogP contribution is 2.41. The number of rotatable bonds is 4. The van der Waals surface area contributed by atoms with Crippen molar-refractivity contribution in [2.45, 2.75) is 29.1 Å². The normalized spacial score (nSPS) is 13.3. The van der Waals surface area contributed by atoms with Crippen LogP contribution in [0, 0.1) is 0 Å². The van der Waals surface area contributed by atoms with E-state index >= 15 is 0 Å². The van der Waals surface area contributed by atoms with E-state index < -0.39 is 0 Å². The van der Waals surface area contributed by atoms with E-state index in [1.54, 1.807) is 0 Å². The summed E-state index contributed by atoms with van der Waals surface area (Å²) in [6.07, 6.45) is 1.02. The maximum atomic E-state index is 5.92. The standard InChI is InChI=1S/C27H22OS/c1-19(20-11-14-25(15-12-20)28-24-8-3-2-4-9-24)21-13-16-27-23(17-21)18-22-7-5-6-10-26(22)29-27/h2-17,19H,18H2,1H3. The highest BCUT2D eigenvalue weighted by molar-refractivity contribution is 7.99. The molecule has 142 valence electrons. The Balaban J connectivity index is 1.35. The third-order valence-electron chi connectivity index (χ3n) is 5.52. The summed E-state index contributed by atoms with van der Waals surface area (Å²) in [6.45, 7) is 2.28. The van der Waals surface area contributed by atoms with Crippen molar-refractivity contribution in [1.29, 1.82) is 0 Å². The molecule has 5 rings (SSSR count). The van der Waals surface area contributed by atoms with Crippen LogP contribution in [0.1, 0.15) is 35.1 Å². The Morgan fingerprint density at radius 3 is 2.14 bits per heavy atom. The second-order valence-electron chi connectivity index (χ2n) is 7.46. The molecule has 0 amide bonds. The van der Waals surface area contributed by atoms with Crippen LogP contribution >= 0.6 is 11.8 Å². The van der Waals surface area contributed by atoms with E-state index in [9.17, 15) is 0 Å². The molecule has 4 aromatic carbocycles. The van der Waals surface area contributed by atoms with Crippen molar-refractivity contribution in [3.8, 4) is 11.5 Å². The summed E-state index contributed by atoms with van der Waals surface area (Å²) in [7, 11) is 0. The zero-order chi connectivity index (χ0) is 19.6. The van der Waals surface area contributed by atoms with Crippen molar-refractivity contribution in [1.82, 2.24) is 0 Å². The molecule has 0 aliphatic carbocycles. The highest BCUT2D eigenvalue weighted by Gasteiger charge is 2.18. The van der Waals surface area contributed by atoms with E-state index in [-0.39, 0.29) is 0 Å². The maximum Gasteiger partial charge on any atom is 0.127 e. The molecule has 0 radical (unpaired) electrons. The minimum atomic E-state index is 0.341. The molecule has 0 saturated carbocycles. The largest absolute Gasteiger partial charge is 0.457 e. The fourth-order valence-electron chi connectivity index (χ4n) is 3.82. The molecule has 0 N–H and O–H groups in total. The Bertz CT molecular complexity index is 1130. The van der Waals surface area contributed by atoms with Gasteiger partial charge < -0.3 is 4.74 Å². The van der Waals surface area contributed by atoms with Gasteiger partial charge >= 0.3 is 0 Å². The van der Waals surface area contributed by atoms with Gasteiger partial charge in [0.1, 0.15) is 11.5 Å². The quantitative estimate of drug-likeness (QED) is 0.309. The number of hydrogen-bond acceptors (Lipinski definition) is 2. The average Bonchev–Trinajstić information content (AvgIpc) is 2.78. The van der Waals surface area contributed by atoms with Gasteiger partial charge in [-0.25, -0.2) is 0 Å². The predicted octanol–water partition coefficient (Wildman–Crippen LogP) is 7.69. The topological polar surface area (TPSA) is 9.23 Å². The molecule has 1 atom stereocenters. The summed E-state index contributed by atoms with van der Waals surface area (Å²) < 4.78 is 5.92. The lowest BCUT2D eigenvalue weighted by Crippen LogP contribution is -2.03. The van der Waals surface area contributed by atoms with E-state index in [2.05, 4.69) is 73.7 Å². The Labute approximate surface area is 176 Å². The zero-order valence-electron chi connectivity index (χ0n) is 16.3. The molecule has 2 heteroatoms. The van der Waals surface area contributed by atoms with Gasteiger partial charge in [0.25, 0.3) is 0 Å². The second kappa shape index (κ2) is 7.81. The first-order valence-electron chi connectivity index (χ1n) is 9.98. The molecule has 0 bridgehead atoms. The summed E-state index contributed by atoms with van der Waals surface area (Å²) in [5, 5.41) is 0. The summed E-state index contributed by atoms with van der Waals surface area (Å²) in [6, 6.07) is 34.0.